The Hall–Kier alpha value is -1.80. The van der Waals surface area contributed by atoms with Gasteiger partial charge in [-0.15, -0.1) is 0 Å². The lowest BCUT2D eigenvalue weighted by molar-refractivity contribution is -0.135. The molecule has 0 radical (unpaired) electrons. The fourth-order valence-corrected chi connectivity index (χ4v) is 5.70. The molecule has 2 saturated carbocycles. The Bertz CT molecular complexity index is 931. The number of alkyl halides is 2. The van der Waals surface area contributed by atoms with Crippen LogP contribution in [0.4, 0.5) is 14.5 Å². The molecule has 3 aliphatic rings. The van der Waals surface area contributed by atoms with E-state index in [0.717, 1.165) is 5.56 Å². The van der Waals surface area contributed by atoms with Gasteiger partial charge in [0.15, 0.2) is 0 Å². The molecule has 178 valence electrons. The number of rotatable bonds is 5. The maximum absolute atomic E-state index is 13.4. The van der Waals surface area contributed by atoms with E-state index in [9.17, 15) is 18.4 Å². The first-order valence-corrected chi connectivity index (χ1v) is 12.1. The summed E-state index contributed by atoms with van der Waals surface area (Å²) in [5.74, 6) is -3.13. The van der Waals surface area contributed by atoms with Gasteiger partial charge in [-0.25, -0.2) is 8.78 Å². The largest absolute Gasteiger partial charge is 0.398 e. The predicted octanol–water partition coefficient (Wildman–Crippen LogP) is 0.775. The first kappa shape index (κ1) is 24.3. The van der Waals surface area contributed by atoms with Crippen molar-refractivity contribution in [2.45, 2.75) is 43.4 Å². The van der Waals surface area contributed by atoms with Crippen molar-refractivity contribution < 1.29 is 18.4 Å². The Morgan fingerprint density at radius 3 is 2.42 bits per heavy atom. The van der Waals surface area contributed by atoms with Gasteiger partial charge in [-0.1, -0.05) is 11.6 Å². The number of anilines is 1. The van der Waals surface area contributed by atoms with Gasteiger partial charge in [-0.2, -0.15) is 0 Å². The molecule has 1 aromatic rings. The summed E-state index contributed by atoms with van der Waals surface area (Å²) in [6.45, 7) is 2.42. The molecule has 3 fully saturated rings. The number of nitrogens with two attached hydrogens (primary N) is 1. The topological polar surface area (TPSA) is 78.7 Å². The lowest BCUT2D eigenvalue weighted by Crippen LogP contribution is -2.58. The SMILES string of the molecule is BC(B)(c1cc(Cl)ccc1N)N1CCN(C(=O)CNC(=O)C2CC23CCC(F)(F)CC3)CC1. The average molecular weight is 479 g/mol. The van der Waals surface area contributed by atoms with Gasteiger partial charge in [0.25, 0.3) is 0 Å². The molecule has 1 saturated heterocycles. The van der Waals surface area contributed by atoms with E-state index in [2.05, 4.69) is 25.9 Å². The molecule has 1 unspecified atom stereocenters. The summed E-state index contributed by atoms with van der Waals surface area (Å²) in [6, 6.07) is 5.47. The summed E-state index contributed by atoms with van der Waals surface area (Å²) in [5.41, 5.74) is 7.57. The number of benzene rings is 1. The summed E-state index contributed by atoms with van der Waals surface area (Å²) < 4.78 is 26.9. The summed E-state index contributed by atoms with van der Waals surface area (Å²) in [7, 11) is 4.19. The standard InChI is InChI=1S/C22H31B2ClF2N4O2/c23-22(24,15-11-14(25)1-2-17(15)28)31-9-7-30(8-10-31)18(32)13-29-19(33)16-12-20(16)3-5-21(26,27)6-4-20/h1-2,11,16H,3-10,12-13,23-24,28H2,(H,29,33). The first-order chi connectivity index (χ1) is 15.4. The highest BCUT2D eigenvalue weighted by Crippen LogP contribution is 2.63. The van der Waals surface area contributed by atoms with Crippen molar-refractivity contribution in [1.29, 1.82) is 0 Å². The Morgan fingerprint density at radius 1 is 1.15 bits per heavy atom. The summed E-state index contributed by atoms with van der Waals surface area (Å²) in [4.78, 5) is 29.3. The highest BCUT2D eigenvalue weighted by atomic mass is 35.5. The van der Waals surface area contributed by atoms with Crippen molar-refractivity contribution in [1.82, 2.24) is 15.1 Å². The van der Waals surface area contributed by atoms with Crippen molar-refractivity contribution >= 4 is 44.8 Å². The van der Waals surface area contributed by atoms with Gasteiger partial charge in [0.2, 0.25) is 17.7 Å². The van der Waals surface area contributed by atoms with E-state index >= 15 is 0 Å². The molecule has 4 rings (SSSR count). The predicted molar refractivity (Wildman–Crippen MR) is 130 cm³/mol. The lowest BCUT2D eigenvalue weighted by Gasteiger charge is -2.45. The van der Waals surface area contributed by atoms with E-state index in [1.54, 1.807) is 11.0 Å². The van der Waals surface area contributed by atoms with Crippen LogP contribution in [0.3, 0.4) is 0 Å². The molecule has 33 heavy (non-hydrogen) atoms. The molecule has 2 aliphatic carbocycles. The maximum atomic E-state index is 13.4. The lowest BCUT2D eigenvalue weighted by atomic mass is 9.56. The fraction of sp³-hybridized carbons (Fsp3) is 0.636. The second-order valence-corrected chi connectivity index (χ2v) is 10.8. The Kier molecular flexibility index (Phi) is 6.46. The average Bonchev–Trinajstić information content (AvgIpc) is 3.50. The molecule has 1 aromatic carbocycles. The molecule has 11 heteroatoms. The van der Waals surface area contributed by atoms with Crippen molar-refractivity contribution in [2.75, 3.05) is 38.5 Å². The zero-order valence-corrected chi connectivity index (χ0v) is 20.1. The van der Waals surface area contributed by atoms with E-state index in [1.165, 1.54) is 0 Å². The third kappa shape index (κ3) is 5.02. The van der Waals surface area contributed by atoms with Crippen LogP contribution in [-0.2, 0) is 14.9 Å². The van der Waals surface area contributed by atoms with Crippen LogP contribution in [-0.4, -0.2) is 76.0 Å². The van der Waals surface area contributed by atoms with Crippen LogP contribution in [0.1, 0.15) is 37.7 Å². The molecule has 1 spiro atoms. The second kappa shape index (κ2) is 8.77. The van der Waals surface area contributed by atoms with Crippen molar-refractivity contribution in [3.05, 3.63) is 28.8 Å². The first-order valence-electron chi connectivity index (χ1n) is 11.7. The van der Waals surface area contributed by atoms with Crippen molar-refractivity contribution in [3.8, 4) is 0 Å². The number of hydrogen-bond acceptors (Lipinski definition) is 4. The number of nitrogens with one attached hydrogen (secondary N) is 1. The minimum atomic E-state index is -2.60. The molecular formula is C22H31B2ClF2N4O2. The van der Waals surface area contributed by atoms with Crippen molar-refractivity contribution in [3.63, 3.8) is 0 Å². The summed E-state index contributed by atoms with van der Waals surface area (Å²) >= 11 is 6.18. The normalized spacial score (nSPS) is 24.5. The number of carbonyl (C=O) groups excluding carboxylic acids is 2. The van der Waals surface area contributed by atoms with Crippen LogP contribution in [0.15, 0.2) is 18.2 Å². The molecule has 2 amide bonds. The van der Waals surface area contributed by atoms with E-state index in [1.807, 2.05) is 12.1 Å². The maximum Gasteiger partial charge on any atom is 0.248 e. The van der Waals surface area contributed by atoms with Crippen LogP contribution in [0.5, 0.6) is 0 Å². The Balaban J connectivity index is 1.25. The highest BCUT2D eigenvalue weighted by Gasteiger charge is 2.60. The zero-order valence-electron chi connectivity index (χ0n) is 19.3. The molecule has 1 atom stereocenters. The van der Waals surface area contributed by atoms with Gasteiger partial charge in [0.05, 0.1) is 6.54 Å². The van der Waals surface area contributed by atoms with Crippen molar-refractivity contribution in [2.24, 2.45) is 11.3 Å². The van der Waals surface area contributed by atoms with E-state index in [-0.39, 0.29) is 47.9 Å². The molecule has 3 N–H and O–H groups in total. The number of piperazine rings is 1. The highest BCUT2D eigenvalue weighted by molar-refractivity contribution is 6.40. The van der Waals surface area contributed by atoms with Crippen LogP contribution in [0.2, 0.25) is 5.02 Å². The molecule has 6 nitrogen and oxygen atoms in total. The smallest absolute Gasteiger partial charge is 0.248 e. The van der Waals surface area contributed by atoms with Gasteiger partial charge < -0.3 is 20.9 Å². The monoisotopic (exact) mass is 478 g/mol. The van der Waals surface area contributed by atoms with Crippen LogP contribution in [0, 0.1) is 11.3 Å². The summed E-state index contributed by atoms with van der Waals surface area (Å²) in [6.07, 6.45) is 1.15. The van der Waals surface area contributed by atoms with E-state index < -0.39 is 5.92 Å². The summed E-state index contributed by atoms with van der Waals surface area (Å²) in [5, 5.41) is 3.05. The molecule has 1 heterocycles. The van der Waals surface area contributed by atoms with Gasteiger partial charge in [0.1, 0.15) is 15.7 Å². The molecule has 0 aromatic heterocycles. The number of carbonyl (C=O) groups is 2. The van der Waals surface area contributed by atoms with Gasteiger partial charge >= 0.3 is 0 Å². The zero-order chi connectivity index (χ0) is 24.0. The third-order valence-electron chi connectivity index (χ3n) is 7.99. The van der Waals surface area contributed by atoms with Crippen LogP contribution < -0.4 is 11.1 Å². The minimum Gasteiger partial charge on any atom is -0.398 e. The van der Waals surface area contributed by atoms with Gasteiger partial charge in [-0.05, 0) is 53.8 Å². The van der Waals surface area contributed by atoms with Crippen LogP contribution in [0.25, 0.3) is 0 Å². The minimum absolute atomic E-state index is 0.0494. The van der Waals surface area contributed by atoms with E-state index in [0.29, 0.717) is 56.2 Å². The Labute approximate surface area is 200 Å². The third-order valence-corrected chi connectivity index (χ3v) is 8.23. The Morgan fingerprint density at radius 2 is 1.79 bits per heavy atom. The van der Waals surface area contributed by atoms with Crippen LogP contribution >= 0.6 is 11.6 Å². The van der Waals surface area contributed by atoms with E-state index in [4.69, 9.17) is 17.3 Å². The number of hydrogen-bond donors (Lipinski definition) is 2. The molecule has 1 aliphatic heterocycles. The quantitative estimate of drug-likeness (QED) is 0.484. The van der Waals surface area contributed by atoms with Gasteiger partial charge in [-0.3, -0.25) is 9.59 Å². The number of nitrogens with zero attached hydrogens (tertiary/aromatic N) is 2. The number of amides is 2. The number of nitrogen functional groups attached to an aromatic ring is 1. The number of halogens is 3. The fourth-order valence-electron chi connectivity index (χ4n) is 5.53. The van der Waals surface area contributed by atoms with Gasteiger partial charge in [0, 0.05) is 55.6 Å². The molecule has 0 bridgehead atoms. The molecular weight excluding hydrogens is 447 g/mol. The second-order valence-electron chi connectivity index (χ2n) is 10.4.